The average molecular weight is 232 g/mol. The van der Waals surface area contributed by atoms with Crippen molar-refractivity contribution < 1.29 is 4.79 Å². The van der Waals surface area contributed by atoms with E-state index in [-0.39, 0.29) is 5.91 Å². The molecular weight excluding hydrogens is 212 g/mol. The van der Waals surface area contributed by atoms with Crippen LogP contribution in [0, 0.1) is 0 Å². The predicted octanol–water partition coefficient (Wildman–Crippen LogP) is 3.05. The highest BCUT2D eigenvalue weighted by Gasteiger charge is 2.02. The molecule has 1 aromatic rings. The molecule has 0 atom stereocenters. The van der Waals surface area contributed by atoms with Crippen molar-refractivity contribution in [2.45, 2.75) is 20.8 Å². The van der Waals surface area contributed by atoms with Crippen LogP contribution in [0.15, 0.2) is 36.4 Å². The largest absolute Gasteiger partial charge is 0.372 e. The van der Waals surface area contributed by atoms with E-state index < -0.39 is 0 Å². The molecule has 17 heavy (non-hydrogen) atoms. The Morgan fingerprint density at radius 1 is 1.24 bits per heavy atom. The highest BCUT2D eigenvalue weighted by atomic mass is 16.1. The molecule has 92 valence electrons. The van der Waals surface area contributed by atoms with Gasteiger partial charge in [0, 0.05) is 24.5 Å². The fourth-order valence-corrected chi connectivity index (χ4v) is 1.68. The van der Waals surface area contributed by atoms with Gasteiger partial charge in [0.05, 0.1) is 0 Å². The van der Waals surface area contributed by atoms with E-state index in [9.17, 15) is 4.79 Å². The highest BCUT2D eigenvalue weighted by Crippen LogP contribution is 2.17. The summed E-state index contributed by atoms with van der Waals surface area (Å²) in [7, 11) is 0. The molecule has 0 aromatic heterocycles. The molecule has 3 heteroatoms. The first-order chi connectivity index (χ1) is 8.21. The zero-order valence-corrected chi connectivity index (χ0v) is 10.7. The summed E-state index contributed by atoms with van der Waals surface area (Å²) in [6.45, 7) is 8.06. The number of hydrogen-bond donors (Lipinski definition) is 1. The average Bonchev–Trinajstić information content (AvgIpc) is 2.33. The molecule has 0 spiro atoms. The number of benzene rings is 1. The first-order valence-corrected chi connectivity index (χ1v) is 6.00. The van der Waals surface area contributed by atoms with Crippen LogP contribution >= 0.6 is 0 Å². The second kappa shape index (κ2) is 6.74. The van der Waals surface area contributed by atoms with Crippen LogP contribution in [-0.2, 0) is 4.79 Å². The molecule has 0 radical (unpaired) electrons. The van der Waals surface area contributed by atoms with Crippen LogP contribution < -0.4 is 10.2 Å². The van der Waals surface area contributed by atoms with Gasteiger partial charge in [-0.2, -0.15) is 0 Å². The lowest BCUT2D eigenvalue weighted by molar-refractivity contribution is -0.111. The second-order valence-corrected chi connectivity index (χ2v) is 3.71. The molecule has 0 fully saturated rings. The Labute approximate surface area is 103 Å². The molecule has 1 rings (SSSR count). The zero-order valence-electron chi connectivity index (χ0n) is 10.7. The van der Waals surface area contributed by atoms with Crippen molar-refractivity contribution in [3.63, 3.8) is 0 Å². The molecule has 1 N–H and O–H groups in total. The van der Waals surface area contributed by atoms with Gasteiger partial charge in [-0.05, 0) is 51.1 Å². The summed E-state index contributed by atoms with van der Waals surface area (Å²) in [6, 6.07) is 7.90. The van der Waals surface area contributed by atoms with Gasteiger partial charge in [-0.1, -0.05) is 6.08 Å². The van der Waals surface area contributed by atoms with E-state index in [1.807, 2.05) is 31.2 Å². The van der Waals surface area contributed by atoms with Gasteiger partial charge in [-0.3, -0.25) is 4.79 Å². The van der Waals surface area contributed by atoms with Gasteiger partial charge in [-0.25, -0.2) is 0 Å². The van der Waals surface area contributed by atoms with E-state index in [0.717, 1.165) is 18.8 Å². The standard InChI is InChI=1S/C14H20N2O/c1-4-7-14(17)15-12-8-10-13(11-9-12)16(5-2)6-3/h4,7-11H,5-6H2,1-3H3,(H,15,17)/b7-4+. The number of anilines is 2. The zero-order chi connectivity index (χ0) is 12.7. The fraction of sp³-hybridized carbons (Fsp3) is 0.357. The summed E-state index contributed by atoms with van der Waals surface area (Å²) in [5, 5.41) is 2.80. The van der Waals surface area contributed by atoms with Gasteiger partial charge in [0.2, 0.25) is 5.91 Å². The minimum atomic E-state index is -0.0944. The molecule has 0 aliphatic rings. The predicted molar refractivity (Wildman–Crippen MR) is 73.4 cm³/mol. The van der Waals surface area contributed by atoms with Crippen LogP contribution in [-0.4, -0.2) is 19.0 Å². The Hall–Kier alpha value is -1.77. The number of rotatable bonds is 5. The summed E-state index contributed by atoms with van der Waals surface area (Å²) in [6.07, 6.45) is 3.23. The number of carbonyl (C=O) groups is 1. The Morgan fingerprint density at radius 2 is 1.82 bits per heavy atom. The number of nitrogens with one attached hydrogen (secondary N) is 1. The molecule has 0 bridgehead atoms. The van der Waals surface area contributed by atoms with Crippen molar-refractivity contribution in [1.29, 1.82) is 0 Å². The van der Waals surface area contributed by atoms with Crippen molar-refractivity contribution >= 4 is 17.3 Å². The first-order valence-electron chi connectivity index (χ1n) is 6.00. The Morgan fingerprint density at radius 3 is 2.29 bits per heavy atom. The van der Waals surface area contributed by atoms with Crippen molar-refractivity contribution in [3.05, 3.63) is 36.4 Å². The third-order valence-electron chi connectivity index (χ3n) is 2.58. The molecule has 0 aliphatic heterocycles. The lowest BCUT2D eigenvalue weighted by Crippen LogP contribution is -2.21. The summed E-state index contributed by atoms with van der Waals surface area (Å²) in [5.41, 5.74) is 2.00. The van der Waals surface area contributed by atoms with Gasteiger partial charge in [-0.15, -0.1) is 0 Å². The summed E-state index contributed by atoms with van der Waals surface area (Å²) < 4.78 is 0. The van der Waals surface area contributed by atoms with Gasteiger partial charge >= 0.3 is 0 Å². The molecule has 0 aliphatic carbocycles. The number of carbonyl (C=O) groups excluding carboxylic acids is 1. The van der Waals surface area contributed by atoms with E-state index in [1.165, 1.54) is 11.8 Å². The molecule has 0 unspecified atom stereocenters. The fourth-order valence-electron chi connectivity index (χ4n) is 1.68. The maximum absolute atomic E-state index is 11.3. The second-order valence-electron chi connectivity index (χ2n) is 3.71. The lowest BCUT2D eigenvalue weighted by atomic mass is 10.2. The molecule has 0 saturated carbocycles. The van der Waals surface area contributed by atoms with Crippen LogP contribution in [0.3, 0.4) is 0 Å². The third-order valence-corrected chi connectivity index (χ3v) is 2.58. The van der Waals surface area contributed by atoms with Crippen molar-refractivity contribution in [2.24, 2.45) is 0 Å². The summed E-state index contributed by atoms with van der Waals surface area (Å²) >= 11 is 0. The van der Waals surface area contributed by atoms with E-state index in [1.54, 1.807) is 6.08 Å². The number of nitrogens with zero attached hydrogens (tertiary/aromatic N) is 1. The molecule has 1 aromatic carbocycles. The Kier molecular flexibility index (Phi) is 5.27. The number of allylic oxidation sites excluding steroid dienone is 1. The first kappa shape index (κ1) is 13.3. The van der Waals surface area contributed by atoms with Crippen LogP contribution in [0.4, 0.5) is 11.4 Å². The maximum atomic E-state index is 11.3. The van der Waals surface area contributed by atoms with Crippen molar-refractivity contribution in [1.82, 2.24) is 0 Å². The minimum absolute atomic E-state index is 0.0944. The van der Waals surface area contributed by atoms with E-state index in [2.05, 4.69) is 24.1 Å². The van der Waals surface area contributed by atoms with Gasteiger partial charge in [0.25, 0.3) is 0 Å². The number of amides is 1. The molecule has 3 nitrogen and oxygen atoms in total. The quantitative estimate of drug-likeness (QED) is 0.791. The molecule has 1 amide bonds. The SMILES string of the molecule is C/C=C/C(=O)Nc1ccc(N(CC)CC)cc1. The van der Waals surface area contributed by atoms with E-state index in [0.29, 0.717) is 0 Å². The summed E-state index contributed by atoms with van der Waals surface area (Å²) in [5.74, 6) is -0.0944. The van der Waals surface area contributed by atoms with E-state index >= 15 is 0 Å². The Balaban J connectivity index is 2.70. The lowest BCUT2D eigenvalue weighted by Gasteiger charge is -2.21. The molecule has 0 heterocycles. The van der Waals surface area contributed by atoms with Crippen LogP contribution in [0.2, 0.25) is 0 Å². The number of hydrogen-bond acceptors (Lipinski definition) is 2. The topological polar surface area (TPSA) is 32.3 Å². The van der Waals surface area contributed by atoms with Gasteiger partial charge < -0.3 is 10.2 Å². The smallest absolute Gasteiger partial charge is 0.248 e. The monoisotopic (exact) mass is 232 g/mol. The summed E-state index contributed by atoms with van der Waals surface area (Å²) in [4.78, 5) is 13.6. The highest BCUT2D eigenvalue weighted by molar-refractivity contribution is 5.99. The van der Waals surface area contributed by atoms with E-state index in [4.69, 9.17) is 0 Å². The van der Waals surface area contributed by atoms with Gasteiger partial charge in [0.15, 0.2) is 0 Å². The maximum Gasteiger partial charge on any atom is 0.248 e. The van der Waals surface area contributed by atoms with Crippen LogP contribution in [0.1, 0.15) is 20.8 Å². The minimum Gasteiger partial charge on any atom is -0.372 e. The molecule has 0 saturated heterocycles. The van der Waals surface area contributed by atoms with Crippen LogP contribution in [0.25, 0.3) is 0 Å². The van der Waals surface area contributed by atoms with Crippen LogP contribution in [0.5, 0.6) is 0 Å². The van der Waals surface area contributed by atoms with Gasteiger partial charge in [0.1, 0.15) is 0 Å². The Bertz CT molecular complexity index is 378. The normalized spacial score (nSPS) is 10.5. The van der Waals surface area contributed by atoms with Crippen molar-refractivity contribution in [3.8, 4) is 0 Å². The van der Waals surface area contributed by atoms with Crippen molar-refractivity contribution in [2.75, 3.05) is 23.3 Å². The molecular formula is C14H20N2O. The third kappa shape index (κ3) is 3.94.